The van der Waals surface area contributed by atoms with Crippen molar-refractivity contribution in [2.45, 2.75) is 52.0 Å². The third-order valence-electron chi connectivity index (χ3n) is 5.22. The first-order chi connectivity index (χ1) is 13.7. The molecule has 9 heteroatoms. The highest BCUT2D eigenvalue weighted by Crippen LogP contribution is 2.33. The number of amides is 1. The second kappa shape index (κ2) is 8.52. The van der Waals surface area contributed by atoms with Crippen LogP contribution in [-0.4, -0.2) is 44.7 Å². The molecule has 2 aromatic heterocycles. The molecule has 1 fully saturated rings. The standard InChI is InChI=1S/C20H26F3N5O/c1-13(2)28-18(20(21,22)23)16(10-25-28)19(29)26-17-7-9-27(11-14(17)3)12-15-6-4-5-8-24-15/h4-6,8,10,13-14,17H,7,9,11-12H2,1-3H3,(H,26,29). The molecular formula is C20H26F3N5O. The number of carbonyl (C=O) groups is 1. The molecule has 2 atom stereocenters. The number of aromatic nitrogens is 3. The van der Waals surface area contributed by atoms with Gasteiger partial charge in [0.1, 0.15) is 0 Å². The molecule has 29 heavy (non-hydrogen) atoms. The molecule has 0 radical (unpaired) electrons. The number of hydrogen-bond acceptors (Lipinski definition) is 4. The summed E-state index contributed by atoms with van der Waals surface area (Å²) < 4.78 is 41.4. The van der Waals surface area contributed by atoms with Gasteiger partial charge in [0.05, 0.1) is 17.5 Å². The Morgan fingerprint density at radius 2 is 2.10 bits per heavy atom. The molecule has 3 rings (SSSR count). The molecule has 1 aliphatic heterocycles. The zero-order chi connectivity index (χ0) is 21.2. The lowest BCUT2D eigenvalue weighted by atomic mass is 9.93. The van der Waals surface area contributed by atoms with E-state index >= 15 is 0 Å². The molecule has 2 unspecified atom stereocenters. The summed E-state index contributed by atoms with van der Waals surface area (Å²) in [5, 5.41) is 6.59. The largest absolute Gasteiger partial charge is 0.433 e. The molecule has 0 aromatic carbocycles. The van der Waals surface area contributed by atoms with Crippen molar-refractivity contribution in [2.75, 3.05) is 13.1 Å². The zero-order valence-corrected chi connectivity index (χ0v) is 16.8. The fraction of sp³-hybridized carbons (Fsp3) is 0.550. The highest BCUT2D eigenvalue weighted by Gasteiger charge is 2.41. The number of likely N-dealkylation sites (tertiary alicyclic amines) is 1. The summed E-state index contributed by atoms with van der Waals surface area (Å²) in [5.74, 6) is -0.620. The number of piperidine rings is 1. The maximum atomic E-state index is 13.5. The van der Waals surface area contributed by atoms with Gasteiger partial charge in [-0.15, -0.1) is 0 Å². The number of carbonyl (C=O) groups excluding carboxylic acids is 1. The summed E-state index contributed by atoms with van der Waals surface area (Å²) in [6, 6.07) is 5.08. The lowest BCUT2D eigenvalue weighted by Crippen LogP contribution is -2.50. The summed E-state index contributed by atoms with van der Waals surface area (Å²) >= 11 is 0. The van der Waals surface area contributed by atoms with Gasteiger partial charge < -0.3 is 5.32 Å². The average molecular weight is 409 g/mol. The normalized spacial score (nSPS) is 20.8. The van der Waals surface area contributed by atoms with Crippen LogP contribution in [0, 0.1) is 5.92 Å². The average Bonchev–Trinajstić information content (AvgIpc) is 3.11. The van der Waals surface area contributed by atoms with Crippen LogP contribution in [0.5, 0.6) is 0 Å². The Bertz CT molecular complexity index is 834. The minimum Gasteiger partial charge on any atom is -0.349 e. The summed E-state index contributed by atoms with van der Waals surface area (Å²) in [5.41, 5.74) is -0.447. The quantitative estimate of drug-likeness (QED) is 0.821. The smallest absolute Gasteiger partial charge is 0.349 e. The topological polar surface area (TPSA) is 63.1 Å². The van der Waals surface area contributed by atoms with Gasteiger partial charge in [0, 0.05) is 37.9 Å². The first-order valence-corrected chi connectivity index (χ1v) is 9.74. The van der Waals surface area contributed by atoms with Gasteiger partial charge >= 0.3 is 6.18 Å². The first kappa shape index (κ1) is 21.3. The van der Waals surface area contributed by atoms with Crippen LogP contribution in [0.3, 0.4) is 0 Å². The number of nitrogens with zero attached hydrogens (tertiary/aromatic N) is 4. The van der Waals surface area contributed by atoms with E-state index in [4.69, 9.17) is 0 Å². The SMILES string of the molecule is CC1CN(Cc2ccccn2)CCC1NC(=O)c1cnn(C(C)C)c1C(F)(F)F. The van der Waals surface area contributed by atoms with Crippen molar-refractivity contribution in [1.82, 2.24) is 25.0 Å². The van der Waals surface area contributed by atoms with Gasteiger partial charge in [-0.05, 0) is 38.3 Å². The molecule has 0 spiro atoms. The first-order valence-electron chi connectivity index (χ1n) is 9.74. The van der Waals surface area contributed by atoms with Crippen LogP contribution in [0.25, 0.3) is 0 Å². The van der Waals surface area contributed by atoms with Crippen molar-refractivity contribution in [3.63, 3.8) is 0 Å². The molecule has 1 aliphatic rings. The fourth-order valence-corrected chi connectivity index (χ4v) is 3.76. The van der Waals surface area contributed by atoms with Gasteiger partial charge in [-0.3, -0.25) is 19.4 Å². The highest BCUT2D eigenvalue weighted by atomic mass is 19.4. The van der Waals surface area contributed by atoms with Crippen molar-refractivity contribution < 1.29 is 18.0 Å². The summed E-state index contributed by atoms with van der Waals surface area (Å²) in [4.78, 5) is 19.2. The maximum absolute atomic E-state index is 13.5. The van der Waals surface area contributed by atoms with Gasteiger partial charge in [0.25, 0.3) is 5.91 Å². The van der Waals surface area contributed by atoms with Crippen LogP contribution in [0.2, 0.25) is 0 Å². The Morgan fingerprint density at radius 1 is 1.34 bits per heavy atom. The molecule has 0 bridgehead atoms. The van der Waals surface area contributed by atoms with E-state index in [9.17, 15) is 18.0 Å². The van der Waals surface area contributed by atoms with E-state index in [-0.39, 0.29) is 12.0 Å². The third kappa shape index (κ3) is 4.95. The van der Waals surface area contributed by atoms with Crippen LogP contribution in [-0.2, 0) is 12.7 Å². The fourth-order valence-electron chi connectivity index (χ4n) is 3.76. The highest BCUT2D eigenvalue weighted by molar-refractivity contribution is 5.95. The molecule has 0 aliphatic carbocycles. The molecule has 2 aromatic rings. The number of rotatable bonds is 5. The molecule has 1 N–H and O–H groups in total. The Hall–Kier alpha value is -2.42. The van der Waals surface area contributed by atoms with Gasteiger partial charge in [-0.2, -0.15) is 18.3 Å². The Kier molecular flexibility index (Phi) is 6.26. The lowest BCUT2D eigenvalue weighted by Gasteiger charge is -2.37. The van der Waals surface area contributed by atoms with E-state index in [0.717, 1.165) is 29.7 Å². The minimum atomic E-state index is -4.65. The van der Waals surface area contributed by atoms with Gasteiger partial charge in [-0.1, -0.05) is 13.0 Å². The number of nitrogens with one attached hydrogen (secondary N) is 1. The van der Waals surface area contributed by atoms with E-state index in [2.05, 4.69) is 20.3 Å². The number of hydrogen-bond donors (Lipinski definition) is 1. The van der Waals surface area contributed by atoms with Crippen LogP contribution in [0.1, 0.15) is 55.0 Å². The molecule has 158 valence electrons. The van der Waals surface area contributed by atoms with Crippen molar-refractivity contribution in [3.8, 4) is 0 Å². The van der Waals surface area contributed by atoms with Crippen LogP contribution >= 0.6 is 0 Å². The number of pyridine rings is 1. The second-order valence-electron chi connectivity index (χ2n) is 7.85. The van der Waals surface area contributed by atoms with Crippen molar-refractivity contribution >= 4 is 5.91 Å². The van der Waals surface area contributed by atoms with Crippen molar-refractivity contribution in [2.24, 2.45) is 5.92 Å². The van der Waals surface area contributed by atoms with Gasteiger partial charge in [-0.25, -0.2) is 0 Å². The molecular weight excluding hydrogens is 383 g/mol. The predicted molar refractivity (Wildman–Crippen MR) is 102 cm³/mol. The van der Waals surface area contributed by atoms with E-state index < -0.39 is 29.4 Å². The Balaban J connectivity index is 1.66. The van der Waals surface area contributed by atoms with E-state index in [1.807, 2.05) is 25.1 Å². The zero-order valence-electron chi connectivity index (χ0n) is 16.8. The van der Waals surface area contributed by atoms with E-state index in [1.165, 1.54) is 0 Å². The van der Waals surface area contributed by atoms with E-state index in [1.54, 1.807) is 20.0 Å². The van der Waals surface area contributed by atoms with Gasteiger partial charge in [0.2, 0.25) is 0 Å². The summed E-state index contributed by atoms with van der Waals surface area (Å²) in [6.45, 7) is 7.39. The molecule has 6 nitrogen and oxygen atoms in total. The van der Waals surface area contributed by atoms with Crippen LogP contribution in [0.15, 0.2) is 30.6 Å². The van der Waals surface area contributed by atoms with E-state index in [0.29, 0.717) is 13.0 Å². The summed E-state index contributed by atoms with van der Waals surface area (Å²) in [7, 11) is 0. The maximum Gasteiger partial charge on any atom is 0.433 e. The second-order valence-corrected chi connectivity index (χ2v) is 7.85. The molecule has 0 saturated carbocycles. The number of halogens is 3. The van der Waals surface area contributed by atoms with Crippen molar-refractivity contribution in [3.05, 3.63) is 47.5 Å². The predicted octanol–water partition coefficient (Wildman–Crippen LogP) is 3.52. The minimum absolute atomic E-state index is 0.103. The monoisotopic (exact) mass is 409 g/mol. The molecule has 3 heterocycles. The van der Waals surface area contributed by atoms with Crippen LogP contribution < -0.4 is 5.32 Å². The third-order valence-corrected chi connectivity index (χ3v) is 5.22. The van der Waals surface area contributed by atoms with Crippen LogP contribution in [0.4, 0.5) is 13.2 Å². The number of alkyl halides is 3. The summed E-state index contributed by atoms with van der Waals surface area (Å²) in [6.07, 6.45) is -1.22. The lowest BCUT2D eigenvalue weighted by molar-refractivity contribution is -0.145. The van der Waals surface area contributed by atoms with Crippen molar-refractivity contribution in [1.29, 1.82) is 0 Å². The Labute approximate surface area is 168 Å². The van der Waals surface area contributed by atoms with Gasteiger partial charge in [0.15, 0.2) is 5.69 Å². The molecule has 1 saturated heterocycles. The Morgan fingerprint density at radius 3 is 2.69 bits per heavy atom. The molecule has 1 amide bonds.